The monoisotopic (exact) mass is 162 g/mol. The van der Waals surface area contributed by atoms with Crippen molar-refractivity contribution in [3.05, 3.63) is 12.7 Å². The van der Waals surface area contributed by atoms with Gasteiger partial charge in [-0.05, 0) is 6.92 Å². The van der Waals surface area contributed by atoms with Crippen molar-refractivity contribution < 1.29 is 9.53 Å². The van der Waals surface area contributed by atoms with E-state index in [9.17, 15) is 4.79 Å². The van der Waals surface area contributed by atoms with Crippen molar-refractivity contribution in [3.63, 3.8) is 0 Å². The van der Waals surface area contributed by atoms with Crippen molar-refractivity contribution in [3.8, 4) is 0 Å². The second-order valence-electron chi connectivity index (χ2n) is 1.76. The Morgan fingerprint density at radius 2 is 2.50 bits per heavy atom. The lowest BCUT2D eigenvalue weighted by molar-refractivity contribution is -0.142. The highest BCUT2D eigenvalue weighted by atomic mass is 35.5. The van der Waals surface area contributed by atoms with Gasteiger partial charge >= 0.3 is 5.97 Å². The molecule has 58 valence electrons. The SMILES string of the molecule is C=CC(Cl)CC(=O)OCC. The Balaban J connectivity index is 3.46. The summed E-state index contributed by atoms with van der Waals surface area (Å²) in [6, 6.07) is 0. The second kappa shape index (κ2) is 5.30. The number of ether oxygens (including phenoxy) is 1. The summed E-state index contributed by atoms with van der Waals surface area (Å²) in [4.78, 5) is 10.7. The number of hydrogen-bond acceptors (Lipinski definition) is 2. The van der Waals surface area contributed by atoms with Crippen LogP contribution in [0, 0.1) is 0 Å². The lowest BCUT2D eigenvalue weighted by atomic mass is 10.3. The zero-order valence-corrected chi connectivity index (χ0v) is 6.73. The second-order valence-corrected chi connectivity index (χ2v) is 2.32. The smallest absolute Gasteiger partial charge is 0.307 e. The summed E-state index contributed by atoms with van der Waals surface area (Å²) < 4.78 is 4.64. The molecule has 0 aromatic heterocycles. The molecule has 2 nitrogen and oxygen atoms in total. The molecule has 0 amide bonds. The van der Waals surface area contributed by atoms with Crippen LogP contribution < -0.4 is 0 Å². The van der Waals surface area contributed by atoms with E-state index in [1.54, 1.807) is 6.92 Å². The van der Waals surface area contributed by atoms with Crippen LogP contribution >= 0.6 is 11.6 Å². The topological polar surface area (TPSA) is 26.3 Å². The van der Waals surface area contributed by atoms with Gasteiger partial charge in [-0.25, -0.2) is 0 Å². The van der Waals surface area contributed by atoms with Crippen LogP contribution in [0.1, 0.15) is 13.3 Å². The number of carbonyl (C=O) groups excluding carboxylic acids is 1. The molecule has 0 aliphatic carbocycles. The molecule has 10 heavy (non-hydrogen) atoms. The van der Waals surface area contributed by atoms with Gasteiger partial charge in [0.05, 0.1) is 18.4 Å². The van der Waals surface area contributed by atoms with E-state index in [1.807, 2.05) is 0 Å². The van der Waals surface area contributed by atoms with Crippen LogP contribution in [0.2, 0.25) is 0 Å². The quantitative estimate of drug-likeness (QED) is 0.358. The zero-order chi connectivity index (χ0) is 7.98. The fraction of sp³-hybridized carbons (Fsp3) is 0.571. The average Bonchev–Trinajstić information content (AvgIpc) is 1.88. The number of rotatable bonds is 4. The Morgan fingerprint density at radius 1 is 1.90 bits per heavy atom. The largest absolute Gasteiger partial charge is 0.466 e. The van der Waals surface area contributed by atoms with E-state index >= 15 is 0 Å². The maximum atomic E-state index is 10.7. The summed E-state index contributed by atoms with van der Waals surface area (Å²) in [5.41, 5.74) is 0. The third-order valence-corrected chi connectivity index (χ3v) is 1.26. The van der Waals surface area contributed by atoms with Crippen LogP contribution in [-0.2, 0) is 9.53 Å². The van der Waals surface area contributed by atoms with Crippen molar-refractivity contribution in [2.75, 3.05) is 6.61 Å². The van der Waals surface area contributed by atoms with E-state index in [2.05, 4.69) is 11.3 Å². The summed E-state index contributed by atoms with van der Waals surface area (Å²) >= 11 is 5.58. The van der Waals surface area contributed by atoms with Gasteiger partial charge in [-0.3, -0.25) is 4.79 Å². The van der Waals surface area contributed by atoms with E-state index in [-0.39, 0.29) is 17.8 Å². The van der Waals surface area contributed by atoms with Crippen molar-refractivity contribution >= 4 is 17.6 Å². The van der Waals surface area contributed by atoms with Crippen LogP contribution in [0.5, 0.6) is 0 Å². The maximum absolute atomic E-state index is 10.7. The molecule has 0 heterocycles. The van der Waals surface area contributed by atoms with E-state index in [0.29, 0.717) is 6.61 Å². The molecule has 0 bridgehead atoms. The average molecular weight is 163 g/mol. The number of allylic oxidation sites excluding steroid dienone is 1. The van der Waals surface area contributed by atoms with Crippen LogP contribution in [0.4, 0.5) is 0 Å². The fourth-order valence-corrected chi connectivity index (χ4v) is 0.588. The minimum Gasteiger partial charge on any atom is -0.466 e. The molecule has 0 N–H and O–H groups in total. The number of carbonyl (C=O) groups is 1. The van der Waals surface area contributed by atoms with Crippen molar-refractivity contribution in [1.29, 1.82) is 0 Å². The number of halogens is 1. The molecule has 0 aromatic carbocycles. The molecule has 1 atom stereocenters. The van der Waals surface area contributed by atoms with Gasteiger partial charge in [-0.15, -0.1) is 18.2 Å². The van der Waals surface area contributed by atoms with Crippen LogP contribution in [-0.4, -0.2) is 18.0 Å². The molecule has 0 fully saturated rings. The van der Waals surface area contributed by atoms with Crippen molar-refractivity contribution in [1.82, 2.24) is 0 Å². The molecule has 0 spiro atoms. The molecule has 0 saturated carbocycles. The fourth-order valence-electron chi connectivity index (χ4n) is 0.462. The van der Waals surface area contributed by atoms with Gasteiger partial charge in [-0.2, -0.15) is 0 Å². The predicted octanol–water partition coefficient (Wildman–Crippen LogP) is 1.73. The van der Waals surface area contributed by atoms with Crippen LogP contribution in [0.15, 0.2) is 12.7 Å². The molecule has 1 unspecified atom stereocenters. The van der Waals surface area contributed by atoms with Gasteiger partial charge < -0.3 is 4.74 Å². The first-order valence-corrected chi connectivity index (χ1v) is 3.56. The van der Waals surface area contributed by atoms with Crippen LogP contribution in [0.3, 0.4) is 0 Å². The normalized spacial score (nSPS) is 12.2. The maximum Gasteiger partial charge on any atom is 0.307 e. The van der Waals surface area contributed by atoms with Gasteiger partial charge in [0.1, 0.15) is 0 Å². The Bertz CT molecular complexity index is 123. The molecular weight excluding hydrogens is 152 g/mol. The predicted molar refractivity (Wildman–Crippen MR) is 41.1 cm³/mol. The van der Waals surface area contributed by atoms with E-state index in [1.165, 1.54) is 6.08 Å². The molecule has 0 aliphatic heterocycles. The first kappa shape index (κ1) is 9.50. The van der Waals surface area contributed by atoms with Crippen LogP contribution in [0.25, 0.3) is 0 Å². The summed E-state index contributed by atoms with van der Waals surface area (Å²) in [6.07, 6.45) is 1.72. The number of esters is 1. The third kappa shape index (κ3) is 4.39. The Hall–Kier alpha value is -0.500. The lowest BCUT2D eigenvalue weighted by Crippen LogP contribution is -2.09. The Labute approximate surface area is 65.8 Å². The van der Waals surface area contributed by atoms with Gasteiger partial charge in [-0.1, -0.05) is 6.08 Å². The van der Waals surface area contributed by atoms with E-state index in [4.69, 9.17) is 11.6 Å². The molecular formula is C7H11ClO2. The summed E-state index contributed by atoms with van der Waals surface area (Å²) in [5, 5.41) is -0.306. The minimum absolute atomic E-state index is 0.207. The standard InChI is InChI=1S/C7H11ClO2/c1-3-6(8)5-7(9)10-4-2/h3,6H,1,4-5H2,2H3. The lowest BCUT2D eigenvalue weighted by Gasteiger charge is -2.02. The summed E-state index contributed by atoms with van der Waals surface area (Å²) in [6.45, 7) is 5.60. The third-order valence-electron chi connectivity index (χ3n) is 0.923. The Morgan fingerprint density at radius 3 is 2.90 bits per heavy atom. The highest BCUT2D eigenvalue weighted by Gasteiger charge is 2.06. The first-order valence-electron chi connectivity index (χ1n) is 3.13. The number of hydrogen-bond donors (Lipinski definition) is 0. The van der Waals surface area contributed by atoms with Gasteiger partial charge in [0.2, 0.25) is 0 Å². The molecule has 0 rings (SSSR count). The Kier molecular flexibility index (Phi) is 5.03. The molecule has 0 aliphatic rings. The van der Waals surface area contributed by atoms with E-state index < -0.39 is 0 Å². The summed E-state index contributed by atoms with van der Waals surface area (Å²) in [7, 11) is 0. The van der Waals surface area contributed by atoms with Crippen molar-refractivity contribution in [2.45, 2.75) is 18.7 Å². The van der Waals surface area contributed by atoms with Gasteiger partial charge in [0, 0.05) is 0 Å². The van der Waals surface area contributed by atoms with Crippen molar-refractivity contribution in [2.24, 2.45) is 0 Å². The van der Waals surface area contributed by atoms with Gasteiger partial charge in [0.15, 0.2) is 0 Å². The molecule has 0 radical (unpaired) electrons. The highest BCUT2D eigenvalue weighted by Crippen LogP contribution is 2.03. The summed E-state index contributed by atoms with van der Waals surface area (Å²) in [5.74, 6) is -0.276. The molecule has 0 saturated heterocycles. The number of alkyl halides is 1. The van der Waals surface area contributed by atoms with Gasteiger partial charge in [0.25, 0.3) is 0 Å². The first-order chi connectivity index (χ1) is 4.70. The zero-order valence-electron chi connectivity index (χ0n) is 5.97. The molecule has 0 aromatic rings. The molecule has 3 heteroatoms. The minimum atomic E-state index is -0.306. The highest BCUT2D eigenvalue weighted by molar-refractivity contribution is 6.22. The van der Waals surface area contributed by atoms with E-state index in [0.717, 1.165) is 0 Å².